The van der Waals surface area contributed by atoms with Crippen LogP contribution < -0.4 is 0 Å². The van der Waals surface area contributed by atoms with Crippen molar-refractivity contribution in [2.24, 2.45) is 11.8 Å². The fraction of sp³-hybridized carbons (Fsp3) is 0.793. The van der Waals surface area contributed by atoms with Crippen LogP contribution in [0.1, 0.15) is 92.1 Å². The maximum atomic E-state index is 12.4. The molecule has 0 spiro atoms. The lowest BCUT2D eigenvalue weighted by molar-refractivity contribution is -0.119. The van der Waals surface area contributed by atoms with E-state index in [4.69, 9.17) is 9.47 Å². The summed E-state index contributed by atoms with van der Waals surface area (Å²) in [6.45, 7) is 6.53. The van der Waals surface area contributed by atoms with E-state index in [-0.39, 0.29) is 23.6 Å². The average Bonchev–Trinajstić information content (AvgIpc) is 3.47. The summed E-state index contributed by atoms with van der Waals surface area (Å²) in [6.07, 6.45) is 9.38. The molecule has 0 radical (unpaired) electrons. The summed E-state index contributed by atoms with van der Waals surface area (Å²) in [5, 5.41) is 21.1. The van der Waals surface area contributed by atoms with Gasteiger partial charge in [-0.15, -0.1) is 11.3 Å². The van der Waals surface area contributed by atoms with Crippen LogP contribution in [0.2, 0.25) is 0 Å². The molecule has 4 atom stereocenters. The van der Waals surface area contributed by atoms with Gasteiger partial charge in [-0.25, -0.2) is 4.79 Å². The van der Waals surface area contributed by atoms with Gasteiger partial charge in [0.25, 0.3) is 0 Å². The van der Waals surface area contributed by atoms with Crippen LogP contribution in [0, 0.1) is 11.8 Å². The first-order chi connectivity index (χ1) is 18.0. The van der Waals surface area contributed by atoms with E-state index in [0.29, 0.717) is 37.2 Å². The third-order valence-electron chi connectivity index (χ3n) is 7.90. The highest BCUT2D eigenvalue weighted by Gasteiger charge is 2.40. The molecule has 0 bridgehead atoms. The van der Waals surface area contributed by atoms with Crippen molar-refractivity contribution in [3.05, 3.63) is 21.9 Å². The molecule has 0 unspecified atom stereocenters. The fourth-order valence-electron chi connectivity index (χ4n) is 5.66. The summed E-state index contributed by atoms with van der Waals surface area (Å²) >= 11 is 1.47. The molecule has 2 heterocycles. The zero-order valence-corrected chi connectivity index (χ0v) is 23.4. The molecule has 1 saturated heterocycles. The van der Waals surface area contributed by atoms with Crippen molar-refractivity contribution in [1.82, 2.24) is 4.90 Å². The highest BCUT2D eigenvalue weighted by molar-refractivity contribution is 7.13. The van der Waals surface area contributed by atoms with Gasteiger partial charge >= 0.3 is 5.97 Å². The molecule has 1 aromatic rings. The first kappa shape index (κ1) is 30.2. The van der Waals surface area contributed by atoms with E-state index < -0.39 is 12.2 Å². The van der Waals surface area contributed by atoms with Gasteiger partial charge in [-0.3, -0.25) is 9.69 Å². The van der Waals surface area contributed by atoms with Gasteiger partial charge in [0, 0.05) is 37.4 Å². The summed E-state index contributed by atoms with van der Waals surface area (Å²) in [6, 6.07) is 3.82. The number of thiophene rings is 1. The molecular formula is C29H47NO6S. The smallest absolute Gasteiger partial charge is 0.348 e. The molecule has 2 fully saturated rings. The third-order valence-corrected chi connectivity index (χ3v) is 9.03. The first-order valence-corrected chi connectivity index (χ1v) is 15.2. The number of carbonyl (C=O) groups excluding carboxylic acids is 2. The van der Waals surface area contributed by atoms with Crippen molar-refractivity contribution >= 4 is 23.1 Å². The number of unbranched alkanes of at least 4 members (excludes halogenated alkanes) is 4. The number of hydrogen-bond donors (Lipinski definition) is 2. The molecule has 1 aliphatic heterocycles. The molecule has 3 rings (SSSR count). The summed E-state index contributed by atoms with van der Waals surface area (Å²) < 4.78 is 10.8. The zero-order chi connectivity index (χ0) is 26.5. The number of aliphatic hydroxyl groups is 2. The number of rotatable bonds is 17. The fourth-order valence-corrected chi connectivity index (χ4v) is 6.60. The lowest BCUT2D eigenvalue weighted by atomic mass is 9.85. The second kappa shape index (κ2) is 16.6. The predicted molar refractivity (Wildman–Crippen MR) is 146 cm³/mol. The number of carbonyl (C=O) groups is 2. The van der Waals surface area contributed by atoms with E-state index in [0.717, 1.165) is 69.8 Å². The lowest BCUT2D eigenvalue weighted by Gasteiger charge is -2.26. The van der Waals surface area contributed by atoms with Crippen molar-refractivity contribution in [3.63, 3.8) is 0 Å². The Hall–Kier alpha value is -1.32. The molecule has 0 aromatic carbocycles. The number of hydrogen-bond acceptors (Lipinski definition) is 8. The molecule has 37 heavy (non-hydrogen) atoms. The largest absolute Gasteiger partial charge is 0.460 e. The molecular weight excluding hydrogens is 490 g/mol. The molecule has 1 aromatic heterocycles. The predicted octanol–water partition coefficient (Wildman–Crippen LogP) is 4.63. The van der Waals surface area contributed by atoms with Gasteiger partial charge in [-0.2, -0.15) is 0 Å². The number of esters is 1. The number of ether oxygens (including phenoxy) is 2. The van der Waals surface area contributed by atoms with Gasteiger partial charge in [0.1, 0.15) is 17.3 Å². The van der Waals surface area contributed by atoms with Crippen molar-refractivity contribution in [3.8, 4) is 0 Å². The van der Waals surface area contributed by atoms with E-state index in [1.54, 1.807) is 0 Å². The molecule has 8 heteroatoms. The van der Waals surface area contributed by atoms with Crippen LogP contribution in [0.3, 0.4) is 0 Å². The highest BCUT2D eigenvalue weighted by atomic mass is 32.1. The normalized spacial score (nSPS) is 24.4. The maximum Gasteiger partial charge on any atom is 0.348 e. The van der Waals surface area contributed by atoms with Crippen LogP contribution in [0.4, 0.5) is 0 Å². The Kier molecular flexibility index (Phi) is 13.6. The van der Waals surface area contributed by atoms with Gasteiger partial charge in [-0.1, -0.05) is 32.6 Å². The molecule has 1 saturated carbocycles. The third kappa shape index (κ3) is 10.4. The number of Topliss-reactive ketones (excluding diaryl/α,β-unsaturated/α-hetero) is 1. The minimum atomic E-state index is -0.530. The van der Waals surface area contributed by atoms with Crippen LogP contribution in [0.5, 0.6) is 0 Å². The number of nitrogens with zero attached hydrogens (tertiary/aromatic N) is 1. The lowest BCUT2D eigenvalue weighted by Crippen LogP contribution is -2.38. The van der Waals surface area contributed by atoms with Crippen molar-refractivity contribution in [1.29, 1.82) is 0 Å². The van der Waals surface area contributed by atoms with E-state index in [9.17, 15) is 19.8 Å². The monoisotopic (exact) mass is 537 g/mol. The summed E-state index contributed by atoms with van der Waals surface area (Å²) in [4.78, 5) is 28.7. The van der Waals surface area contributed by atoms with E-state index in [1.807, 2.05) is 12.1 Å². The Balaban J connectivity index is 1.35. The topological polar surface area (TPSA) is 96.3 Å². The number of aryl methyl sites for hydroxylation is 1. The Morgan fingerprint density at radius 3 is 2.49 bits per heavy atom. The quantitative estimate of drug-likeness (QED) is 0.221. The van der Waals surface area contributed by atoms with Gasteiger partial charge < -0.3 is 19.7 Å². The van der Waals surface area contributed by atoms with Crippen LogP contribution in [0.25, 0.3) is 0 Å². The SMILES string of the molecule is CCCCCCCC(=O)CC[C@@H]1[C@@H](CCCc2ccc(C(=O)OCCN3CCOCC3)s2)[C@@H](O)C[C@H]1O. The minimum Gasteiger partial charge on any atom is -0.460 e. The Morgan fingerprint density at radius 1 is 1.00 bits per heavy atom. The highest BCUT2D eigenvalue weighted by Crippen LogP contribution is 2.39. The van der Waals surface area contributed by atoms with Gasteiger partial charge in [0.05, 0.1) is 25.4 Å². The maximum absolute atomic E-state index is 12.4. The molecule has 0 amide bonds. The minimum absolute atomic E-state index is 0.0145. The summed E-state index contributed by atoms with van der Waals surface area (Å²) in [5.41, 5.74) is 0. The summed E-state index contributed by atoms with van der Waals surface area (Å²) in [7, 11) is 0. The molecule has 210 valence electrons. The van der Waals surface area contributed by atoms with E-state index >= 15 is 0 Å². The molecule has 2 aliphatic rings. The van der Waals surface area contributed by atoms with Gasteiger partial charge in [-0.05, 0) is 62.5 Å². The van der Waals surface area contributed by atoms with E-state index in [1.165, 1.54) is 30.6 Å². The zero-order valence-electron chi connectivity index (χ0n) is 22.6. The molecule has 7 nitrogen and oxygen atoms in total. The number of ketones is 1. The molecule has 1 aliphatic carbocycles. The van der Waals surface area contributed by atoms with Crippen molar-refractivity contribution in [2.45, 2.75) is 96.2 Å². The van der Waals surface area contributed by atoms with Crippen LogP contribution in [-0.4, -0.2) is 78.5 Å². The number of morpholine rings is 1. The second-order valence-electron chi connectivity index (χ2n) is 10.7. The Bertz CT molecular complexity index is 808. The first-order valence-electron chi connectivity index (χ1n) is 14.4. The Labute approximate surface area is 226 Å². The standard InChI is InChI=1S/C29H47NO6S/c1-2-3-4-5-6-8-22(31)11-13-25-24(26(32)21-27(25)33)10-7-9-23-12-14-28(37-23)29(34)36-20-17-30-15-18-35-19-16-30/h12,14,24-27,32-33H,2-11,13,15-21H2,1H3/t24-,25-,26+,27-/m1/s1. The van der Waals surface area contributed by atoms with Crippen molar-refractivity contribution in [2.75, 3.05) is 39.5 Å². The number of aliphatic hydroxyl groups excluding tert-OH is 2. The van der Waals surface area contributed by atoms with Crippen LogP contribution in [0.15, 0.2) is 12.1 Å². The molecule has 2 N–H and O–H groups in total. The van der Waals surface area contributed by atoms with Gasteiger partial charge in [0.15, 0.2) is 0 Å². The van der Waals surface area contributed by atoms with Crippen molar-refractivity contribution < 1.29 is 29.3 Å². The summed E-state index contributed by atoms with van der Waals surface area (Å²) in [5.74, 6) is 0.0250. The van der Waals surface area contributed by atoms with E-state index in [2.05, 4.69) is 11.8 Å². The second-order valence-corrected chi connectivity index (χ2v) is 11.9. The van der Waals surface area contributed by atoms with Crippen LogP contribution in [-0.2, 0) is 20.7 Å². The average molecular weight is 538 g/mol. The van der Waals surface area contributed by atoms with Gasteiger partial charge in [0.2, 0.25) is 0 Å². The Morgan fingerprint density at radius 2 is 1.73 bits per heavy atom. The van der Waals surface area contributed by atoms with Crippen LogP contribution >= 0.6 is 11.3 Å².